The van der Waals surface area contributed by atoms with E-state index in [1.165, 1.54) is 16.7 Å². The molecule has 50 heavy (non-hydrogen) atoms. The van der Waals surface area contributed by atoms with Crippen molar-refractivity contribution in [1.82, 2.24) is 10.2 Å². The summed E-state index contributed by atoms with van der Waals surface area (Å²) in [6.45, 7) is 4.79. The molecule has 2 aromatic carbocycles. The lowest BCUT2D eigenvalue weighted by Gasteiger charge is -2.43. The summed E-state index contributed by atoms with van der Waals surface area (Å²) >= 11 is 1.28. The zero-order valence-electron chi connectivity index (χ0n) is 28.1. The summed E-state index contributed by atoms with van der Waals surface area (Å²) in [6, 6.07) is 6.38. The number of hydrogen-bond donors (Lipinski definition) is 4. The van der Waals surface area contributed by atoms with Crippen molar-refractivity contribution in [2.75, 3.05) is 46.9 Å². The van der Waals surface area contributed by atoms with Crippen molar-refractivity contribution in [2.45, 2.75) is 54.5 Å². The van der Waals surface area contributed by atoms with E-state index in [0.717, 1.165) is 28.4 Å². The standard InChI is InChI=1S/C28H39N3O16P2S/c1-8-43-21-18(29-14-13-28(36,48(37,44-39-4)45-40-5)49(38,46-41-6)47-42-7)15-16-11-9-10-12-17(16)19(21)23(32)30-20-24(33)31-22(26(34)35)27(2,3)50-25(20)31/h9-12,15,20,22,25,29,36H,8,13-14H2,1-7H3,(H,30,32)(H,34,35). The van der Waals surface area contributed by atoms with E-state index in [4.69, 9.17) is 23.4 Å². The number of carbonyl (C=O) groups is 3. The number of amides is 2. The number of hydrogen-bond acceptors (Lipinski definition) is 17. The van der Waals surface area contributed by atoms with Gasteiger partial charge < -0.3 is 30.5 Å². The molecular weight excluding hydrogens is 728 g/mol. The fourth-order valence-corrected chi connectivity index (χ4v) is 11.1. The fourth-order valence-electron chi connectivity index (χ4n) is 5.78. The maximum absolute atomic E-state index is 14.1. The van der Waals surface area contributed by atoms with E-state index in [2.05, 4.69) is 30.2 Å². The smallest absolute Gasteiger partial charge is 0.428 e. The van der Waals surface area contributed by atoms with Crippen molar-refractivity contribution in [3.8, 4) is 5.75 Å². The summed E-state index contributed by atoms with van der Waals surface area (Å²) in [5.74, 6) is -2.33. The second-order valence-corrected chi connectivity index (χ2v) is 17.4. The SMILES string of the molecule is CCOc1c(NCCC(O)(P(=O)(OOC)OOC)P(=O)(OOC)OOC)cc2ccccc2c1C(=O)NC1C(=O)N2C1SC(C)(C)C2C(=O)O. The number of benzene rings is 2. The van der Waals surface area contributed by atoms with E-state index >= 15 is 0 Å². The van der Waals surface area contributed by atoms with E-state index in [1.807, 2.05) is 0 Å². The first kappa shape index (κ1) is 39.9. The number of carbonyl (C=O) groups excluding carboxylic acids is 2. The molecule has 2 aliphatic rings. The molecule has 4 rings (SSSR count). The van der Waals surface area contributed by atoms with Crippen LogP contribution in [0.1, 0.15) is 37.6 Å². The third kappa shape index (κ3) is 7.13. The second kappa shape index (κ2) is 15.8. The van der Waals surface area contributed by atoms with Gasteiger partial charge in [-0.1, -0.05) is 24.3 Å². The van der Waals surface area contributed by atoms with Gasteiger partial charge in [0, 0.05) is 17.7 Å². The van der Waals surface area contributed by atoms with Gasteiger partial charge in [0.2, 0.25) is 5.91 Å². The number of carboxylic acid groups (broad SMARTS) is 1. The Hall–Kier alpha value is -2.84. The van der Waals surface area contributed by atoms with Crippen molar-refractivity contribution < 1.29 is 76.7 Å². The Labute approximate surface area is 290 Å². The molecule has 2 saturated heterocycles. The number of aliphatic carboxylic acids is 1. The first-order valence-corrected chi connectivity index (χ1v) is 18.8. The molecule has 0 bridgehead atoms. The van der Waals surface area contributed by atoms with E-state index in [0.29, 0.717) is 10.8 Å². The molecule has 2 fully saturated rings. The largest absolute Gasteiger partial charge is 0.491 e. The van der Waals surface area contributed by atoms with Crippen LogP contribution in [0, 0.1) is 0 Å². The van der Waals surface area contributed by atoms with Gasteiger partial charge in [0.05, 0.1) is 46.3 Å². The zero-order chi connectivity index (χ0) is 37.1. The Kier molecular flexibility index (Phi) is 12.6. The van der Waals surface area contributed by atoms with Crippen LogP contribution in [-0.2, 0) is 57.0 Å². The maximum Gasteiger partial charge on any atom is 0.428 e. The van der Waals surface area contributed by atoms with Crippen LogP contribution in [0.4, 0.5) is 5.69 Å². The first-order chi connectivity index (χ1) is 23.6. The highest BCUT2D eigenvalue weighted by Crippen LogP contribution is 2.78. The summed E-state index contributed by atoms with van der Waals surface area (Å²) < 4.78 is 51.5. The lowest BCUT2D eigenvalue weighted by Crippen LogP contribution is -2.70. The Morgan fingerprint density at radius 2 is 1.56 bits per heavy atom. The monoisotopic (exact) mass is 767 g/mol. The topological polar surface area (TPSA) is 236 Å². The van der Waals surface area contributed by atoms with Crippen LogP contribution in [0.5, 0.6) is 5.75 Å². The summed E-state index contributed by atoms with van der Waals surface area (Å²) in [5, 5.41) is 24.4. The van der Waals surface area contributed by atoms with E-state index in [1.54, 1.807) is 51.1 Å². The van der Waals surface area contributed by atoms with Gasteiger partial charge in [-0.05, 0) is 37.6 Å². The molecule has 0 saturated carbocycles. The number of nitrogens with zero attached hydrogens (tertiary/aromatic N) is 1. The van der Waals surface area contributed by atoms with Crippen molar-refractivity contribution in [3.63, 3.8) is 0 Å². The molecule has 19 nitrogen and oxygen atoms in total. The minimum atomic E-state index is -5.15. The number of aliphatic hydroxyl groups is 1. The minimum Gasteiger partial charge on any atom is -0.491 e. The Morgan fingerprint density at radius 3 is 2.08 bits per heavy atom. The molecule has 3 unspecified atom stereocenters. The summed E-state index contributed by atoms with van der Waals surface area (Å²) in [5.41, 5.74) is 0.227. The number of thioether (sulfide) groups is 1. The highest BCUT2D eigenvalue weighted by atomic mass is 32.2. The summed E-state index contributed by atoms with van der Waals surface area (Å²) in [6.07, 6.45) is -0.813. The molecule has 3 atom stereocenters. The van der Waals surface area contributed by atoms with Gasteiger partial charge in [0.25, 0.3) is 11.0 Å². The van der Waals surface area contributed by atoms with Gasteiger partial charge in [-0.3, -0.25) is 18.7 Å². The molecule has 0 radical (unpaired) electrons. The number of fused-ring (bicyclic) bond motifs is 2. The lowest BCUT2D eigenvalue weighted by atomic mass is 9.95. The quantitative estimate of drug-likeness (QED) is 0.0691. The number of rotatable bonds is 19. The number of carboxylic acids is 1. The average Bonchev–Trinajstić information content (AvgIpc) is 3.31. The number of anilines is 1. The number of β-lactam (4-membered cyclic amide) rings is 1. The molecule has 2 amide bonds. The van der Waals surface area contributed by atoms with Gasteiger partial charge in [-0.15, -0.1) is 30.5 Å². The van der Waals surface area contributed by atoms with E-state index < -0.39 is 73.2 Å². The van der Waals surface area contributed by atoms with Gasteiger partial charge in [-0.2, -0.15) is 0 Å². The molecule has 278 valence electrons. The molecule has 4 N–H and O–H groups in total. The van der Waals surface area contributed by atoms with Crippen LogP contribution < -0.4 is 15.4 Å². The summed E-state index contributed by atoms with van der Waals surface area (Å²) in [4.78, 5) is 58.4. The van der Waals surface area contributed by atoms with Gasteiger partial charge >= 0.3 is 21.2 Å². The molecule has 22 heteroatoms. The Balaban J connectivity index is 1.71. The second-order valence-electron chi connectivity index (χ2n) is 11.2. The van der Waals surface area contributed by atoms with Crippen LogP contribution in [-0.4, -0.2) is 102 Å². The number of ether oxygens (including phenoxy) is 1. The first-order valence-electron chi connectivity index (χ1n) is 14.9. The highest BCUT2D eigenvalue weighted by Gasteiger charge is 2.68. The fraction of sp³-hybridized carbons (Fsp3) is 0.536. The molecule has 2 aliphatic heterocycles. The average molecular weight is 768 g/mol. The normalized spacial score (nSPS) is 20.4. The van der Waals surface area contributed by atoms with Crippen LogP contribution in [0.25, 0.3) is 10.8 Å². The van der Waals surface area contributed by atoms with Crippen molar-refractivity contribution >= 4 is 61.2 Å². The number of nitrogens with one attached hydrogen (secondary N) is 2. The van der Waals surface area contributed by atoms with E-state index in [9.17, 15) is 33.7 Å². The zero-order valence-corrected chi connectivity index (χ0v) is 30.7. The van der Waals surface area contributed by atoms with Crippen molar-refractivity contribution in [2.24, 2.45) is 0 Å². The lowest BCUT2D eigenvalue weighted by molar-refractivity contribution is -0.264. The summed E-state index contributed by atoms with van der Waals surface area (Å²) in [7, 11) is -6.56. The van der Waals surface area contributed by atoms with Crippen LogP contribution in [0.15, 0.2) is 30.3 Å². The molecule has 2 aromatic rings. The van der Waals surface area contributed by atoms with Crippen LogP contribution in [0.3, 0.4) is 0 Å². The van der Waals surface area contributed by atoms with Crippen molar-refractivity contribution in [3.05, 3.63) is 35.9 Å². The Bertz CT molecular complexity index is 1650. The molecule has 2 heterocycles. The van der Waals surface area contributed by atoms with Crippen LogP contribution >= 0.6 is 27.0 Å². The minimum absolute atomic E-state index is 0.0348. The van der Waals surface area contributed by atoms with Crippen LogP contribution in [0.2, 0.25) is 0 Å². The van der Waals surface area contributed by atoms with Gasteiger partial charge in [0.1, 0.15) is 17.5 Å². The van der Waals surface area contributed by atoms with Gasteiger partial charge in [0.15, 0.2) is 5.75 Å². The molecule has 0 spiro atoms. The molecule has 0 aliphatic carbocycles. The third-order valence-electron chi connectivity index (χ3n) is 7.82. The van der Waals surface area contributed by atoms with E-state index in [-0.39, 0.29) is 23.6 Å². The Morgan fingerprint density at radius 1 is 1.00 bits per heavy atom. The predicted octanol–water partition coefficient (Wildman–Crippen LogP) is 3.63. The van der Waals surface area contributed by atoms with Gasteiger partial charge in [-0.25, -0.2) is 24.3 Å². The maximum atomic E-state index is 14.1. The van der Waals surface area contributed by atoms with Crippen molar-refractivity contribution in [1.29, 1.82) is 0 Å². The molecular formula is C28H39N3O16P2S. The third-order valence-corrected chi connectivity index (χ3v) is 14.4. The molecule has 0 aromatic heterocycles. The predicted molar refractivity (Wildman–Crippen MR) is 176 cm³/mol. The highest BCUT2D eigenvalue weighted by molar-refractivity contribution is 8.01.